The molecular formula is C8H16N2O4Pt. The summed E-state index contributed by atoms with van der Waals surface area (Å²) in [4.78, 5) is 18.2. The van der Waals surface area contributed by atoms with Gasteiger partial charge in [-0.15, -0.1) is 0 Å². The number of carboxylic acids is 2. The molecule has 0 saturated heterocycles. The zero-order chi connectivity index (χ0) is 11.1. The Morgan fingerprint density at radius 3 is 1.33 bits per heavy atom. The first-order valence-electron chi connectivity index (χ1n) is 4.42. The van der Waals surface area contributed by atoms with Crippen LogP contribution in [0.15, 0.2) is 0 Å². The summed E-state index contributed by atoms with van der Waals surface area (Å²) in [6, 6.07) is 0.562. The zero-order valence-corrected chi connectivity index (χ0v) is 10.4. The molecule has 0 aromatic heterocycles. The van der Waals surface area contributed by atoms with E-state index in [0.29, 0.717) is 0 Å². The van der Waals surface area contributed by atoms with Crippen molar-refractivity contribution in [3.8, 4) is 0 Å². The Morgan fingerprint density at radius 2 is 1.20 bits per heavy atom. The standard InChI is InChI=1S/C6H14N2.C2H2O4.Pt/c7-5-3-1-2-4-6(5)8;3-1(4)2(5)6;/h5-6H,1-4,7-8H2;(H,3,4)(H,5,6);. The van der Waals surface area contributed by atoms with Gasteiger partial charge in [-0.3, -0.25) is 0 Å². The molecular weight excluding hydrogens is 383 g/mol. The molecule has 1 fully saturated rings. The van der Waals surface area contributed by atoms with Crippen LogP contribution in [0.25, 0.3) is 0 Å². The van der Waals surface area contributed by atoms with Gasteiger partial charge < -0.3 is 21.7 Å². The average molecular weight is 399 g/mol. The summed E-state index contributed by atoms with van der Waals surface area (Å²) < 4.78 is 0. The van der Waals surface area contributed by atoms with E-state index in [1.165, 1.54) is 12.8 Å². The van der Waals surface area contributed by atoms with Crippen LogP contribution in [0, 0.1) is 0 Å². The second-order valence-corrected chi connectivity index (χ2v) is 3.22. The third kappa shape index (κ3) is 8.54. The number of nitrogens with two attached hydrogens (primary N) is 2. The minimum Gasteiger partial charge on any atom is -0.473 e. The van der Waals surface area contributed by atoms with E-state index in [9.17, 15) is 0 Å². The third-order valence-corrected chi connectivity index (χ3v) is 2.06. The molecule has 0 aromatic carbocycles. The molecule has 1 aliphatic rings. The Labute approximate surface area is 102 Å². The number of carboxylic acid groups (broad SMARTS) is 2. The normalized spacial score (nSPS) is 24.1. The predicted molar refractivity (Wildman–Crippen MR) is 49.7 cm³/mol. The van der Waals surface area contributed by atoms with Crippen LogP contribution in [0.1, 0.15) is 25.7 Å². The summed E-state index contributed by atoms with van der Waals surface area (Å²) >= 11 is 0. The molecule has 0 aromatic rings. The first-order chi connectivity index (χ1) is 6.45. The number of hydrogen-bond acceptors (Lipinski definition) is 4. The molecule has 1 saturated carbocycles. The van der Waals surface area contributed by atoms with Crippen LogP contribution in [0.4, 0.5) is 0 Å². The van der Waals surface area contributed by atoms with E-state index >= 15 is 0 Å². The Bertz CT molecular complexity index is 191. The maximum absolute atomic E-state index is 9.10. The molecule has 0 bridgehead atoms. The summed E-state index contributed by atoms with van der Waals surface area (Å²) in [7, 11) is 0. The van der Waals surface area contributed by atoms with Gasteiger partial charge in [-0.25, -0.2) is 9.59 Å². The van der Waals surface area contributed by atoms with Crippen LogP contribution >= 0.6 is 0 Å². The molecule has 2 unspecified atom stereocenters. The van der Waals surface area contributed by atoms with Gasteiger partial charge >= 0.3 is 11.9 Å². The average Bonchev–Trinajstić information content (AvgIpc) is 2.11. The van der Waals surface area contributed by atoms with Crippen molar-refractivity contribution in [3.05, 3.63) is 0 Å². The van der Waals surface area contributed by atoms with Gasteiger partial charge in [0.15, 0.2) is 0 Å². The molecule has 2 atom stereocenters. The van der Waals surface area contributed by atoms with E-state index in [1.807, 2.05) is 0 Å². The largest absolute Gasteiger partial charge is 0.473 e. The van der Waals surface area contributed by atoms with E-state index in [4.69, 9.17) is 31.3 Å². The van der Waals surface area contributed by atoms with Crippen molar-refractivity contribution < 1.29 is 40.9 Å². The van der Waals surface area contributed by atoms with Gasteiger partial charge in [-0.05, 0) is 12.8 Å². The minimum atomic E-state index is -1.82. The quantitative estimate of drug-likeness (QED) is 0.402. The molecule has 0 spiro atoms. The maximum Gasteiger partial charge on any atom is 0.414 e. The summed E-state index contributed by atoms with van der Waals surface area (Å²) in [6.07, 6.45) is 4.80. The van der Waals surface area contributed by atoms with Crippen LogP contribution in [-0.2, 0) is 30.7 Å². The van der Waals surface area contributed by atoms with E-state index in [2.05, 4.69) is 0 Å². The maximum atomic E-state index is 9.10. The number of aliphatic carboxylic acids is 2. The Morgan fingerprint density at radius 1 is 0.933 bits per heavy atom. The van der Waals surface area contributed by atoms with Gasteiger partial charge in [0.2, 0.25) is 0 Å². The van der Waals surface area contributed by atoms with Gasteiger partial charge in [0, 0.05) is 33.1 Å². The van der Waals surface area contributed by atoms with E-state index in [0.717, 1.165) is 12.8 Å². The molecule has 6 nitrogen and oxygen atoms in total. The summed E-state index contributed by atoms with van der Waals surface area (Å²) in [5, 5.41) is 14.8. The van der Waals surface area contributed by atoms with Gasteiger partial charge in [0.05, 0.1) is 0 Å². The Kier molecular flexibility index (Phi) is 9.98. The number of hydrogen-bond donors (Lipinski definition) is 4. The fourth-order valence-electron chi connectivity index (χ4n) is 1.19. The van der Waals surface area contributed by atoms with E-state index < -0.39 is 11.9 Å². The second-order valence-electron chi connectivity index (χ2n) is 3.22. The van der Waals surface area contributed by atoms with Crippen LogP contribution < -0.4 is 11.5 Å². The number of carbonyl (C=O) groups is 2. The van der Waals surface area contributed by atoms with Crippen molar-refractivity contribution in [3.63, 3.8) is 0 Å². The molecule has 0 aliphatic heterocycles. The van der Waals surface area contributed by atoms with Crippen molar-refractivity contribution in [1.29, 1.82) is 0 Å². The smallest absolute Gasteiger partial charge is 0.414 e. The first kappa shape index (κ1) is 17.0. The molecule has 7 heteroatoms. The molecule has 6 N–H and O–H groups in total. The first-order valence-corrected chi connectivity index (χ1v) is 4.42. The van der Waals surface area contributed by atoms with Crippen molar-refractivity contribution in [2.75, 3.05) is 0 Å². The fourth-order valence-corrected chi connectivity index (χ4v) is 1.19. The molecule has 0 heterocycles. The zero-order valence-electron chi connectivity index (χ0n) is 8.16. The SMILES string of the molecule is NC1CCCCC1N.O=C(O)C(=O)O.[Pt]. The summed E-state index contributed by atoms with van der Waals surface area (Å²) in [5.74, 6) is -3.65. The summed E-state index contributed by atoms with van der Waals surface area (Å²) in [6.45, 7) is 0. The minimum absolute atomic E-state index is 0. The summed E-state index contributed by atoms with van der Waals surface area (Å²) in [5.41, 5.74) is 11.3. The van der Waals surface area contributed by atoms with Gasteiger partial charge in [-0.2, -0.15) is 0 Å². The molecule has 0 radical (unpaired) electrons. The van der Waals surface area contributed by atoms with Crippen LogP contribution in [0.3, 0.4) is 0 Å². The van der Waals surface area contributed by atoms with Crippen molar-refractivity contribution in [2.45, 2.75) is 37.8 Å². The topological polar surface area (TPSA) is 127 Å². The second kappa shape index (κ2) is 8.82. The Balaban J connectivity index is 0. The van der Waals surface area contributed by atoms with Crippen LogP contribution in [-0.4, -0.2) is 34.2 Å². The molecule has 0 amide bonds. The third-order valence-electron chi connectivity index (χ3n) is 2.06. The van der Waals surface area contributed by atoms with Crippen LogP contribution in [0.2, 0.25) is 0 Å². The van der Waals surface area contributed by atoms with Crippen molar-refractivity contribution >= 4 is 11.9 Å². The van der Waals surface area contributed by atoms with Crippen LogP contribution in [0.5, 0.6) is 0 Å². The fraction of sp³-hybridized carbons (Fsp3) is 0.750. The van der Waals surface area contributed by atoms with Gasteiger partial charge in [0.1, 0.15) is 0 Å². The van der Waals surface area contributed by atoms with E-state index in [1.54, 1.807) is 0 Å². The monoisotopic (exact) mass is 399 g/mol. The van der Waals surface area contributed by atoms with E-state index in [-0.39, 0.29) is 33.1 Å². The Hall–Kier alpha value is -0.452. The molecule has 92 valence electrons. The predicted octanol–water partition coefficient (Wildman–Crippen LogP) is -0.632. The van der Waals surface area contributed by atoms with Crippen molar-refractivity contribution in [2.24, 2.45) is 11.5 Å². The molecule has 15 heavy (non-hydrogen) atoms. The van der Waals surface area contributed by atoms with Gasteiger partial charge in [0.25, 0.3) is 0 Å². The number of rotatable bonds is 0. The molecule has 1 rings (SSSR count). The molecule has 1 aliphatic carbocycles. The van der Waals surface area contributed by atoms with Crippen molar-refractivity contribution in [1.82, 2.24) is 0 Å². The van der Waals surface area contributed by atoms with Gasteiger partial charge in [-0.1, -0.05) is 12.8 Å².